The van der Waals surface area contributed by atoms with Gasteiger partial charge in [-0.3, -0.25) is 10.2 Å². The Hall–Kier alpha value is -2.27. The van der Waals surface area contributed by atoms with E-state index in [-0.39, 0.29) is 12.3 Å². The number of nitrogen functional groups attached to an aromatic ring is 1. The molecule has 4 nitrogen and oxygen atoms in total. The zero-order valence-electron chi connectivity index (χ0n) is 12.8. The number of rotatable bonds is 8. The number of aliphatic carboxylic acids is 1. The van der Waals surface area contributed by atoms with Gasteiger partial charge in [0.15, 0.2) is 0 Å². The summed E-state index contributed by atoms with van der Waals surface area (Å²) in [5.74, 6) is 0.279. The normalized spacial score (nSPS) is 10.4. The molecule has 0 aromatic heterocycles. The molecule has 120 valence electrons. The Morgan fingerprint density at radius 2 is 1.57 bits per heavy atom. The molecule has 0 bridgehead atoms. The third-order valence-electron chi connectivity index (χ3n) is 3.44. The number of hydrogen-bond donors (Lipinski definition) is 3. The molecule has 4 N–H and O–H groups in total. The molecule has 0 unspecified atom stereocenters. The number of hydrogen-bond acceptors (Lipinski definition) is 3. The molecule has 0 spiro atoms. The number of nitrogens with one attached hydrogen (secondary N) is 1. The van der Waals surface area contributed by atoms with Crippen LogP contribution in [-0.2, 0) is 4.79 Å². The zero-order chi connectivity index (χ0) is 16.7. The standard InChI is InChI=1S/C18H20N2O2S/c19-18(20)15-6-4-13(5-7-15)14-8-10-16(11-9-14)23-12-2-1-3-17(21)22/h4-11H,1-3,12H2,(H3,19,20)(H,21,22). The van der Waals surface area contributed by atoms with Crippen LogP contribution in [0, 0.1) is 5.41 Å². The molecule has 0 saturated heterocycles. The van der Waals surface area contributed by atoms with Crippen molar-refractivity contribution in [2.45, 2.75) is 24.2 Å². The lowest BCUT2D eigenvalue weighted by molar-refractivity contribution is -0.137. The van der Waals surface area contributed by atoms with Crippen molar-refractivity contribution in [3.8, 4) is 11.1 Å². The van der Waals surface area contributed by atoms with Gasteiger partial charge in [-0.15, -0.1) is 11.8 Å². The molecule has 0 saturated carbocycles. The maximum absolute atomic E-state index is 10.4. The summed E-state index contributed by atoms with van der Waals surface area (Å²) in [6, 6.07) is 15.9. The first kappa shape index (κ1) is 17.1. The number of carboxylic acid groups (broad SMARTS) is 1. The van der Waals surface area contributed by atoms with Crippen molar-refractivity contribution in [1.29, 1.82) is 5.41 Å². The second-order valence-electron chi connectivity index (χ2n) is 5.21. The van der Waals surface area contributed by atoms with Crippen molar-refractivity contribution >= 4 is 23.6 Å². The molecule has 2 rings (SSSR count). The maximum Gasteiger partial charge on any atom is 0.303 e. The van der Waals surface area contributed by atoms with Gasteiger partial charge in [0.2, 0.25) is 0 Å². The molecule has 0 heterocycles. The van der Waals surface area contributed by atoms with Crippen LogP contribution in [-0.4, -0.2) is 22.7 Å². The van der Waals surface area contributed by atoms with Gasteiger partial charge in [0.05, 0.1) is 0 Å². The maximum atomic E-state index is 10.4. The van der Waals surface area contributed by atoms with Gasteiger partial charge in [0.1, 0.15) is 5.84 Å². The molecular formula is C18H20N2O2S. The van der Waals surface area contributed by atoms with E-state index in [9.17, 15) is 4.79 Å². The molecule has 0 radical (unpaired) electrons. The first-order valence-corrected chi connectivity index (χ1v) is 8.44. The summed E-state index contributed by atoms with van der Waals surface area (Å²) in [6.45, 7) is 0. The quantitative estimate of drug-likeness (QED) is 0.296. The van der Waals surface area contributed by atoms with Gasteiger partial charge in [-0.2, -0.15) is 0 Å². The molecule has 0 fully saturated rings. The van der Waals surface area contributed by atoms with Gasteiger partial charge in [-0.1, -0.05) is 36.4 Å². The Kier molecular flexibility index (Phi) is 6.23. The van der Waals surface area contributed by atoms with Crippen LogP contribution in [0.3, 0.4) is 0 Å². The van der Waals surface area contributed by atoms with E-state index in [0.29, 0.717) is 0 Å². The van der Waals surface area contributed by atoms with E-state index in [4.69, 9.17) is 16.2 Å². The molecule has 2 aromatic carbocycles. The van der Waals surface area contributed by atoms with Crippen LogP contribution in [0.5, 0.6) is 0 Å². The smallest absolute Gasteiger partial charge is 0.303 e. The minimum atomic E-state index is -0.727. The Balaban J connectivity index is 1.89. The third-order valence-corrected chi connectivity index (χ3v) is 4.54. The Bertz CT molecular complexity index is 666. The number of nitrogens with two attached hydrogens (primary N) is 1. The topological polar surface area (TPSA) is 87.2 Å². The fraction of sp³-hybridized carbons (Fsp3) is 0.222. The summed E-state index contributed by atoms with van der Waals surface area (Å²) in [5.41, 5.74) is 8.39. The van der Waals surface area contributed by atoms with E-state index in [1.165, 1.54) is 4.90 Å². The predicted octanol–water partition coefficient (Wildman–Crippen LogP) is 3.98. The second kappa shape index (κ2) is 8.39. The van der Waals surface area contributed by atoms with E-state index >= 15 is 0 Å². The first-order chi connectivity index (χ1) is 11.1. The molecule has 0 aliphatic heterocycles. The number of amidine groups is 1. The summed E-state index contributed by atoms with van der Waals surface area (Å²) in [5, 5.41) is 16.0. The molecule has 5 heteroatoms. The third kappa shape index (κ3) is 5.45. The summed E-state index contributed by atoms with van der Waals surface area (Å²) in [7, 11) is 0. The van der Waals surface area contributed by atoms with E-state index in [0.717, 1.165) is 35.3 Å². The highest BCUT2D eigenvalue weighted by molar-refractivity contribution is 7.99. The zero-order valence-corrected chi connectivity index (χ0v) is 13.6. The highest BCUT2D eigenvalue weighted by Gasteiger charge is 2.01. The highest BCUT2D eigenvalue weighted by Crippen LogP contribution is 2.25. The Morgan fingerprint density at radius 1 is 1.00 bits per heavy atom. The van der Waals surface area contributed by atoms with Crippen LogP contribution in [0.1, 0.15) is 24.8 Å². The van der Waals surface area contributed by atoms with Crippen LogP contribution in [0.2, 0.25) is 0 Å². The minimum Gasteiger partial charge on any atom is -0.481 e. The van der Waals surface area contributed by atoms with Crippen molar-refractivity contribution < 1.29 is 9.90 Å². The lowest BCUT2D eigenvalue weighted by Crippen LogP contribution is -2.10. The fourth-order valence-corrected chi connectivity index (χ4v) is 3.07. The summed E-state index contributed by atoms with van der Waals surface area (Å²) >= 11 is 1.74. The number of unbranched alkanes of at least 4 members (excludes halogenated alkanes) is 1. The largest absolute Gasteiger partial charge is 0.481 e. The molecular weight excluding hydrogens is 308 g/mol. The van der Waals surface area contributed by atoms with Gasteiger partial charge in [-0.25, -0.2) is 0 Å². The van der Waals surface area contributed by atoms with Crippen molar-refractivity contribution in [2.24, 2.45) is 5.73 Å². The van der Waals surface area contributed by atoms with Crippen LogP contribution < -0.4 is 5.73 Å². The Morgan fingerprint density at radius 3 is 2.09 bits per heavy atom. The highest BCUT2D eigenvalue weighted by atomic mass is 32.2. The van der Waals surface area contributed by atoms with Gasteiger partial charge in [0.25, 0.3) is 0 Å². The summed E-state index contributed by atoms with van der Waals surface area (Å²) < 4.78 is 0. The van der Waals surface area contributed by atoms with Crippen LogP contribution in [0.25, 0.3) is 11.1 Å². The first-order valence-electron chi connectivity index (χ1n) is 7.46. The average molecular weight is 328 g/mol. The number of carboxylic acids is 1. The molecule has 2 aromatic rings. The predicted molar refractivity (Wildman–Crippen MR) is 95.1 cm³/mol. The van der Waals surface area contributed by atoms with Crippen LogP contribution in [0.4, 0.5) is 0 Å². The average Bonchev–Trinajstić information content (AvgIpc) is 2.55. The van der Waals surface area contributed by atoms with E-state index in [1.54, 1.807) is 11.8 Å². The van der Waals surface area contributed by atoms with Gasteiger partial charge < -0.3 is 10.8 Å². The van der Waals surface area contributed by atoms with E-state index in [1.807, 2.05) is 24.3 Å². The summed E-state index contributed by atoms with van der Waals surface area (Å²) in [6.07, 6.45) is 1.88. The minimum absolute atomic E-state index is 0.0752. The lowest BCUT2D eigenvalue weighted by atomic mass is 10.0. The number of thioether (sulfide) groups is 1. The van der Waals surface area contributed by atoms with Crippen molar-refractivity contribution in [1.82, 2.24) is 0 Å². The van der Waals surface area contributed by atoms with Gasteiger partial charge in [0, 0.05) is 16.9 Å². The van der Waals surface area contributed by atoms with E-state index < -0.39 is 5.97 Å². The SMILES string of the molecule is N=C(N)c1ccc(-c2ccc(SCCCCC(=O)O)cc2)cc1. The van der Waals surface area contributed by atoms with Crippen molar-refractivity contribution in [3.63, 3.8) is 0 Å². The number of carbonyl (C=O) groups is 1. The second-order valence-corrected chi connectivity index (χ2v) is 6.38. The van der Waals surface area contributed by atoms with Crippen molar-refractivity contribution in [3.05, 3.63) is 54.1 Å². The molecule has 0 atom stereocenters. The van der Waals surface area contributed by atoms with Crippen LogP contribution >= 0.6 is 11.8 Å². The molecule has 23 heavy (non-hydrogen) atoms. The summed E-state index contributed by atoms with van der Waals surface area (Å²) in [4.78, 5) is 11.6. The number of benzene rings is 2. The van der Waals surface area contributed by atoms with Gasteiger partial charge >= 0.3 is 5.97 Å². The molecule has 0 amide bonds. The molecule has 0 aliphatic carbocycles. The monoisotopic (exact) mass is 328 g/mol. The van der Waals surface area contributed by atoms with Crippen molar-refractivity contribution in [2.75, 3.05) is 5.75 Å². The lowest BCUT2D eigenvalue weighted by Gasteiger charge is -2.06. The van der Waals surface area contributed by atoms with Gasteiger partial charge in [-0.05, 0) is 41.9 Å². The van der Waals surface area contributed by atoms with E-state index in [2.05, 4.69) is 24.3 Å². The fourth-order valence-electron chi connectivity index (χ4n) is 2.15. The molecule has 0 aliphatic rings. The Labute approximate surface area is 140 Å². The van der Waals surface area contributed by atoms with Crippen LogP contribution in [0.15, 0.2) is 53.4 Å².